The number of methoxy groups -OCH3 is 1. The average molecular weight is 441 g/mol. The van der Waals surface area contributed by atoms with Crippen LogP contribution in [0.5, 0.6) is 0 Å². The van der Waals surface area contributed by atoms with Crippen molar-refractivity contribution in [1.29, 1.82) is 0 Å². The molecular formula is C31H52O. The minimum Gasteiger partial charge on any atom is -0.381 e. The van der Waals surface area contributed by atoms with Crippen LogP contribution < -0.4 is 0 Å². The third-order valence-corrected chi connectivity index (χ3v) is 12.0. The molecule has 0 amide bonds. The highest BCUT2D eigenvalue weighted by Gasteiger charge is 2.65. The molecule has 0 saturated heterocycles. The lowest BCUT2D eigenvalue weighted by Crippen LogP contribution is -2.58. The van der Waals surface area contributed by atoms with Gasteiger partial charge in [0.15, 0.2) is 0 Å². The smallest absolute Gasteiger partial charge is 0.0625 e. The van der Waals surface area contributed by atoms with Crippen LogP contribution in [0.15, 0.2) is 23.3 Å². The van der Waals surface area contributed by atoms with Gasteiger partial charge >= 0.3 is 0 Å². The fraction of sp³-hybridized carbons (Fsp3) is 0.871. The molecule has 0 aliphatic heterocycles. The van der Waals surface area contributed by atoms with E-state index in [9.17, 15) is 0 Å². The number of ether oxygens (including phenoxy) is 1. The highest BCUT2D eigenvalue weighted by molar-refractivity contribution is 5.32. The number of hydrogen-bond acceptors (Lipinski definition) is 1. The van der Waals surface area contributed by atoms with Gasteiger partial charge in [0.25, 0.3) is 0 Å². The second-order valence-corrected chi connectivity index (χ2v) is 13.9. The minimum atomic E-state index is 0.271. The van der Waals surface area contributed by atoms with E-state index in [4.69, 9.17) is 4.74 Å². The van der Waals surface area contributed by atoms with Crippen molar-refractivity contribution in [3.05, 3.63) is 23.3 Å². The van der Waals surface area contributed by atoms with Gasteiger partial charge in [-0.1, -0.05) is 64.8 Å². The number of allylic oxidation sites excluding steroid dienone is 4. The highest BCUT2D eigenvalue weighted by atomic mass is 16.5. The molecule has 0 bridgehead atoms. The van der Waals surface area contributed by atoms with Crippen molar-refractivity contribution in [2.45, 2.75) is 119 Å². The molecule has 4 aliphatic carbocycles. The molecule has 0 radical (unpaired) electrons. The fourth-order valence-electron chi connectivity index (χ4n) is 9.91. The fourth-order valence-corrected chi connectivity index (χ4v) is 9.91. The van der Waals surface area contributed by atoms with Crippen molar-refractivity contribution in [2.24, 2.45) is 45.3 Å². The van der Waals surface area contributed by atoms with Crippen molar-refractivity contribution in [3.8, 4) is 0 Å². The van der Waals surface area contributed by atoms with E-state index in [1.807, 2.05) is 12.7 Å². The summed E-state index contributed by atoms with van der Waals surface area (Å²) >= 11 is 0. The molecule has 1 nitrogen and oxygen atoms in total. The molecule has 8 atom stereocenters. The van der Waals surface area contributed by atoms with Crippen molar-refractivity contribution < 1.29 is 4.74 Å². The van der Waals surface area contributed by atoms with Crippen LogP contribution in [0.3, 0.4) is 0 Å². The summed E-state index contributed by atoms with van der Waals surface area (Å²) < 4.78 is 6.01. The van der Waals surface area contributed by atoms with E-state index in [2.05, 4.69) is 67.5 Å². The van der Waals surface area contributed by atoms with Gasteiger partial charge < -0.3 is 4.74 Å². The molecule has 3 fully saturated rings. The van der Waals surface area contributed by atoms with Crippen LogP contribution in [-0.2, 0) is 4.74 Å². The van der Waals surface area contributed by atoms with Crippen molar-refractivity contribution in [1.82, 2.24) is 0 Å². The molecule has 4 rings (SSSR count). The molecule has 3 saturated carbocycles. The Bertz CT molecular complexity index is 769. The Balaban J connectivity index is 1.62. The zero-order valence-corrected chi connectivity index (χ0v) is 22.8. The van der Waals surface area contributed by atoms with Gasteiger partial charge in [-0.25, -0.2) is 0 Å². The van der Waals surface area contributed by atoms with Crippen LogP contribution >= 0.6 is 0 Å². The molecule has 0 N–H and O–H groups in total. The standard InChI is InChI=1S/C31H52O/c1-21(2)11-10-12-22(3)23-15-19-31(8)25-13-14-26-28(4,5)27(32-9)17-18-29(26,6)24(25)16-20-30(23,31)7/h11,16,22-23,25-27H,10,12-15,17-20H2,1-9H3. The summed E-state index contributed by atoms with van der Waals surface area (Å²) in [6.07, 6.45) is 17.8. The molecule has 0 spiro atoms. The molecule has 0 aromatic heterocycles. The Morgan fingerprint density at radius 3 is 2.41 bits per heavy atom. The summed E-state index contributed by atoms with van der Waals surface area (Å²) in [7, 11) is 1.94. The van der Waals surface area contributed by atoms with Crippen molar-refractivity contribution in [2.75, 3.05) is 7.11 Å². The first kappa shape index (κ1) is 24.6. The molecule has 32 heavy (non-hydrogen) atoms. The zero-order valence-electron chi connectivity index (χ0n) is 22.8. The highest BCUT2D eigenvalue weighted by Crippen LogP contribution is 2.73. The lowest BCUT2D eigenvalue weighted by atomic mass is 9.41. The molecule has 1 heteroatoms. The van der Waals surface area contributed by atoms with Gasteiger partial charge in [-0.2, -0.15) is 0 Å². The van der Waals surface area contributed by atoms with Crippen LogP contribution in [-0.4, -0.2) is 13.2 Å². The number of rotatable bonds is 5. The van der Waals surface area contributed by atoms with E-state index in [1.165, 1.54) is 63.4 Å². The monoisotopic (exact) mass is 440 g/mol. The van der Waals surface area contributed by atoms with Crippen LogP contribution in [0.2, 0.25) is 0 Å². The van der Waals surface area contributed by atoms with E-state index in [1.54, 1.807) is 0 Å². The summed E-state index contributed by atoms with van der Waals surface area (Å²) in [5.41, 5.74) is 4.93. The predicted molar refractivity (Wildman–Crippen MR) is 138 cm³/mol. The van der Waals surface area contributed by atoms with Gasteiger partial charge in [-0.15, -0.1) is 0 Å². The van der Waals surface area contributed by atoms with Gasteiger partial charge in [0.05, 0.1) is 6.10 Å². The first-order chi connectivity index (χ1) is 14.9. The predicted octanol–water partition coefficient (Wildman–Crippen LogP) is 8.99. The van der Waals surface area contributed by atoms with E-state index >= 15 is 0 Å². The third kappa shape index (κ3) is 3.42. The summed E-state index contributed by atoms with van der Waals surface area (Å²) in [5, 5.41) is 0. The maximum absolute atomic E-state index is 6.01. The largest absolute Gasteiger partial charge is 0.381 e. The Morgan fingerprint density at radius 2 is 1.75 bits per heavy atom. The van der Waals surface area contributed by atoms with Crippen molar-refractivity contribution >= 4 is 0 Å². The SMILES string of the molecule is COC1CCC2(C)C3=CCC4(C)C(C(C)CCC=C(C)C)CCC4(C)C3CCC2C1(C)C. The quantitative estimate of drug-likeness (QED) is 0.387. The van der Waals surface area contributed by atoms with Gasteiger partial charge in [0.1, 0.15) is 0 Å². The van der Waals surface area contributed by atoms with Crippen LogP contribution in [0.4, 0.5) is 0 Å². The summed E-state index contributed by atoms with van der Waals surface area (Å²) in [4.78, 5) is 0. The lowest BCUT2D eigenvalue weighted by Gasteiger charge is -2.64. The number of hydrogen-bond donors (Lipinski definition) is 0. The lowest BCUT2D eigenvalue weighted by molar-refractivity contribution is -0.130. The second-order valence-electron chi connectivity index (χ2n) is 13.9. The maximum Gasteiger partial charge on any atom is 0.0625 e. The Labute approximate surface area is 199 Å². The normalized spacial score (nSPS) is 45.8. The Morgan fingerprint density at radius 1 is 1.03 bits per heavy atom. The average Bonchev–Trinajstić information content (AvgIpc) is 2.99. The number of fused-ring (bicyclic) bond motifs is 5. The molecule has 0 aromatic carbocycles. The van der Waals surface area contributed by atoms with Crippen LogP contribution in [0, 0.1) is 45.3 Å². The van der Waals surface area contributed by atoms with Gasteiger partial charge in [-0.05, 0) is 117 Å². The molecule has 4 aliphatic rings. The maximum atomic E-state index is 6.01. The molecular weight excluding hydrogens is 388 g/mol. The van der Waals surface area contributed by atoms with Gasteiger partial charge in [0.2, 0.25) is 0 Å². The minimum absolute atomic E-state index is 0.271. The van der Waals surface area contributed by atoms with Gasteiger partial charge in [0, 0.05) is 7.11 Å². The van der Waals surface area contributed by atoms with Gasteiger partial charge in [-0.3, -0.25) is 0 Å². The van der Waals surface area contributed by atoms with E-state index < -0.39 is 0 Å². The summed E-state index contributed by atoms with van der Waals surface area (Å²) in [5.74, 6) is 3.26. The van der Waals surface area contributed by atoms with Crippen LogP contribution in [0.25, 0.3) is 0 Å². The molecule has 182 valence electrons. The first-order valence-electron chi connectivity index (χ1n) is 13.8. The summed E-state index contributed by atoms with van der Waals surface area (Å²) in [6.45, 7) is 20.1. The van der Waals surface area contributed by atoms with E-state index in [0.29, 0.717) is 22.3 Å². The topological polar surface area (TPSA) is 9.23 Å². The summed E-state index contributed by atoms with van der Waals surface area (Å²) in [6, 6.07) is 0. The Kier molecular flexibility index (Phi) is 6.36. The molecule has 8 unspecified atom stereocenters. The molecule has 0 aromatic rings. The van der Waals surface area contributed by atoms with Crippen molar-refractivity contribution in [3.63, 3.8) is 0 Å². The molecule has 0 heterocycles. The zero-order chi connectivity index (χ0) is 23.5. The third-order valence-electron chi connectivity index (χ3n) is 12.0. The first-order valence-corrected chi connectivity index (χ1v) is 13.8. The van der Waals surface area contributed by atoms with E-state index in [0.717, 1.165) is 23.7 Å². The Hall–Kier alpha value is -0.560. The van der Waals surface area contributed by atoms with E-state index in [-0.39, 0.29) is 5.41 Å². The second kappa shape index (κ2) is 8.28. The van der Waals surface area contributed by atoms with Crippen LogP contribution in [0.1, 0.15) is 113 Å².